The smallest absolute Gasteiger partial charge is 0.134 e. The zero-order valence-corrected chi connectivity index (χ0v) is 17.3. The average molecular weight is 389 g/mol. The minimum absolute atomic E-state index is 0.570. The summed E-state index contributed by atoms with van der Waals surface area (Å²) in [5, 5.41) is 12.4. The Labute approximate surface area is 171 Å². The van der Waals surface area contributed by atoms with Crippen LogP contribution in [0.3, 0.4) is 0 Å². The normalized spacial score (nSPS) is 11.3. The second kappa shape index (κ2) is 9.34. The molecule has 0 atom stereocenters. The highest BCUT2D eigenvalue weighted by atomic mass is 32.1. The number of hydrogen-bond donors (Lipinski definition) is 0. The predicted molar refractivity (Wildman–Crippen MR) is 117 cm³/mol. The summed E-state index contributed by atoms with van der Waals surface area (Å²) in [6, 6.07) is 16.5. The Kier molecular flexibility index (Phi) is 6.62. The van der Waals surface area contributed by atoms with Gasteiger partial charge in [-0.1, -0.05) is 49.2 Å². The molecule has 0 N–H and O–H groups in total. The molecule has 3 aromatic rings. The van der Waals surface area contributed by atoms with E-state index in [9.17, 15) is 5.26 Å². The molecule has 142 valence electrons. The van der Waals surface area contributed by atoms with Gasteiger partial charge in [-0.15, -0.1) is 11.3 Å². The van der Waals surface area contributed by atoms with Gasteiger partial charge in [0.15, 0.2) is 0 Å². The van der Waals surface area contributed by atoms with Gasteiger partial charge in [0.1, 0.15) is 16.8 Å². The quantitative estimate of drug-likeness (QED) is 0.335. The Morgan fingerprint density at radius 3 is 2.64 bits per heavy atom. The van der Waals surface area contributed by atoms with Crippen molar-refractivity contribution >= 4 is 23.0 Å². The van der Waals surface area contributed by atoms with Crippen molar-refractivity contribution in [2.45, 2.75) is 33.6 Å². The van der Waals surface area contributed by atoms with Gasteiger partial charge in [-0.3, -0.25) is 0 Å². The molecule has 0 bridgehead atoms. The number of aryl methyl sites for hydroxylation is 2. The number of allylic oxidation sites excluding steroid dienone is 1. The summed E-state index contributed by atoms with van der Waals surface area (Å²) in [6.07, 6.45) is 4.04. The number of aromatic nitrogens is 1. The third-order valence-electron chi connectivity index (χ3n) is 4.47. The summed E-state index contributed by atoms with van der Waals surface area (Å²) in [7, 11) is 0. The van der Waals surface area contributed by atoms with Crippen LogP contribution in [0.1, 0.15) is 41.5 Å². The van der Waals surface area contributed by atoms with Crippen LogP contribution in [-0.4, -0.2) is 11.6 Å². The summed E-state index contributed by atoms with van der Waals surface area (Å²) < 4.78 is 5.69. The molecule has 3 rings (SSSR count). The molecule has 2 aromatic carbocycles. The molecular formula is C24H24N2OS. The third kappa shape index (κ3) is 4.88. The molecular weight excluding hydrogens is 364 g/mol. The molecule has 0 amide bonds. The van der Waals surface area contributed by atoms with E-state index in [4.69, 9.17) is 9.72 Å². The molecule has 0 saturated heterocycles. The molecule has 0 unspecified atom stereocenters. The maximum atomic E-state index is 9.63. The lowest BCUT2D eigenvalue weighted by Gasteiger charge is -2.05. The molecule has 0 aliphatic heterocycles. The lowest BCUT2D eigenvalue weighted by molar-refractivity contribution is 0.309. The number of hydrogen-bond acceptors (Lipinski definition) is 4. The van der Waals surface area contributed by atoms with E-state index in [1.54, 1.807) is 0 Å². The fourth-order valence-electron chi connectivity index (χ4n) is 2.93. The highest BCUT2D eigenvalue weighted by Gasteiger charge is 2.11. The fourth-order valence-corrected chi connectivity index (χ4v) is 3.71. The first-order valence-electron chi connectivity index (χ1n) is 9.49. The maximum absolute atomic E-state index is 9.63. The zero-order chi connectivity index (χ0) is 19.9. The van der Waals surface area contributed by atoms with E-state index >= 15 is 0 Å². The van der Waals surface area contributed by atoms with E-state index in [0.717, 1.165) is 47.0 Å². The molecule has 28 heavy (non-hydrogen) atoms. The lowest BCUT2D eigenvalue weighted by atomic mass is 10.0. The summed E-state index contributed by atoms with van der Waals surface area (Å²) in [4.78, 5) is 4.71. The minimum Gasteiger partial charge on any atom is -0.494 e. The zero-order valence-electron chi connectivity index (χ0n) is 16.5. The Bertz CT molecular complexity index is 1010. The van der Waals surface area contributed by atoms with E-state index in [2.05, 4.69) is 45.0 Å². The summed E-state index contributed by atoms with van der Waals surface area (Å²) in [5.41, 5.74) is 5.98. The fraction of sp³-hybridized carbons (Fsp3) is 0.250. The highest BCUT2D eigenvalue weighted by molar-refractivity contribution is 7.11. The van der Waals surface area contributed by atoms with Crippen LogP contribution in [0.15, 0.2) is 47.8 Å². The van der Waals surface area contributed by atoms with Gasteiger partial charge >= 0.3 is 0 Å². The number of rotatable bonds is 7. The minimum atomic E-state index is 0.570. The van der Waals surface area contributed by atoms with Gasteiger partial charge in [-0.25, -0.2) is 4.98 Å². The second-order valence-corrected chi connectivity index (χ2v) is 7.66. The number of unbranched alkanes of at least 4 members (excludes halogenated alkanes) is 1. The lowest BCUT2D eigenvalue weighted by Crippen LogP contribution is -1.95. The van der Waals surface area contributed by atoms with Crippen molar-refractivity contribution in [3.63, 3.8) is 0 Å². The summed E-state index contributed by atoms with van der Waals surface area (Å²) in [5.74, 6) is 0.857. The van der Waals surface area contributed by atoms with Crippen molar-refractivity contribution in [3.8, 4) is 23.1 Å². The van der Waals surface area contributed by atoms with Gasteiger partial charge < -0.3 is 4.74 Å². The number of nitrogens with zero attached hydrogens (tertiary/aromatic N) is 2. The maximum Gasteiger partial charge on any atom is 0.134 e. The van der Waals surface area contributed by atoms with Gasteiger partial charge in [-0.05, 0) is 49.6 Å². The number of ether oxygens (including phenoxy) is 1. The largest absolute Gasteiger partial charge is 0.494 e. The first-order chi connectivity index (χ1) is 13.6. The topological polar surface area (TPSA) is 45.9 Å². The molecule has 0 aliphatic rings. The van der Waals surface area contributed by atoms with Gasteiger partial charge in [0, 0.05) is 10.9 Å². The molecule has 1 heterocycles. The van der Waals surface area contributed by atoms with Crippen LogP contribution in [0.4, 0.5) is 0 Å². The van der Waals surface area contributed by atoms with E-state index in [1.807, 2.05) is 35.7 Å². The van der Waals surface area contributed by atoms with Gasteiger partial charge in [0.25, 0.3) is 0 Å². The van der Waals surface area contributed by atoms with Crippen LogP contribution in [0.2, 0.25) is 0 Å². The van der Waals surface area contributed by atoms with Crippen molar-refractivity contribution < 1.29 is 4.74 Å². The standard InChI is InChI=1S/C24H24N2OS/c1-4-5-12-27-21-9-7-19(8-10-21)14-20(15-25)24-26-23(16-28-24)22-11-6-17(2)13-18(22)3/h6-11,13-14,16H,4-5,12H2,1-3H3. The van der Waals surface area contributed by atoms with Crippen molar-refractivity contribution in [2.24, 2.45) is 0 Å². The third-order valence-corrected chi connectivity index (χ3v) is 5.35. The molecule has 0 fully saturated rings. The van der Waals surface area contributed by atoms with Gasteiger partial charge in [-0.2, -0.15) is 5.26 Å². The average Bonchev–Trinajstić information content (AvgIpc) is 3.17. The van der Waals surface area contributed by atoms with Crippen LogP contribution in [0.25, 0.3) is 22.9 Å². The SMILES string of the molecule is CCCCOc1ccc(C=C(C#N)c2nc(-c3ccc(C)cc3C)cs2)cc1. The van der Waals surface area contributed by atoms with Gasteiger partial charge in [0.2, 0.25) is 0 Å². The van der Waals surface area contributed by atoms with E-state index < -0.39 is 0 Å². The monoisotopic (exact) mass is 388 g/mol. The number of benzene rings is 2. The predicted octanol–water partition coefficient (Wildman–Crippen LogP) is 6.67. The van der Waals surface area contributed by atoms with Crippen molar-refractivity contribution in [1.29, 1.82) is 5.26 Å². The molecule has 0 aliphatic carbocycles. The first-order valence-corrected chi connectivity index (χ1v) is 10.4. The van der Waals surface area contributed by atoms with E-state index in [0.29, 0.717) is 5.57 Å². The summed E-state index contributed by atoms with van der Waals surface area (Å²) in [6.45, 7) is 7.05. The molecule has 1 aromatic heterocycles. The molecule has 0 spiro atoms. The van der Waals surface area contributed by atoms with Gasteiger partial charge in [0.05, 0.1) is 17.9 Å². The Morgan fingerprint density at radius 2 is 1.96 bits per heavy atom. The Morgan fingerprint density at radius 1 is 1.18 bits per heavy atom. The van der Waals surface area contributed by atoms with Crippen LogP contribution in [-0.2, 0) is 0 Å². The molecule has 0 radical (unpaired) electrons. The number of thiazole rings is 1. The second-order valence-electron chi connectivity index (χ2n) is 6.80. The van der Waals surface area contributed by atoms with Crippen LogP contribution in [0, 0.1) is 25.2 Å². The van der Waals surface area contributed by atoms with Crippen LogP contribution >= 0.6 is 11.3 Å². The number of nitriles is 1. The highest BCUT2D eigenvalue weighted by Crippen LogP contribution is 2.29. The van der Waals surface area contributed by atoms with Crippen molar-refractivity contribution in [1.82, 2.24) is 4.98 Å². The summed E-state index contributed by atoms with van der Waals surface area (Å²) >= 11 is 1.50. The first kappa shape index (κ1) is 19.9. The van der Waals surface area contributed by atoms with Crippen LogP contribution in [0.5, 0.6) is 5.75 Å². The van der Waals surface area contributed by atoms with Crippen molar-refractivity contribution in [3.05, 3.63) is 69.5 Å². The van der Waals surface area contributed by atoms with Crippen LogP contribution < -0.4 is 4.74 Å². The Balaban J connectivity index is 1.80. The van der Waals surface area contributed by atoms with E-state index in [-0.39, 0.29) is 0 Å². The van der Waals surface area contributed by atoms with E-state index in [1.165, 1.54) is 22.5 Å². The Hall–Kier alpha value is -2.90. The molecule has 0 saturated carbocycles. The van der Waals surface area contributed by atoms with Crippen molar-refractivity contribution in [2.75, 3.05) is 6.61 Å². The molecule has 3 nitrogen and oxygen atoms in total. The molecule has 4 heteroatoms.